The average molecular weight is 308 g/mol. The lowest BCUT2D eigenvalue weighted by Crippen LogP contribution is -2.19. The second-order valence-electron chi connectivity index (χ2n) is 3.83. The number of nitro groups is 1. The lowest BCUT2D eigenvalue weighted by atomic mass is 10.1. The topological polar surface area (TPSA) is 91.6 Å². The van der Waals surface area contributed by atoms with E-state index < -0.39 is 35.2 Å². The van der Waals surface area contributed by atoms with E-state index in [1.165, 1.54) is 6.92 Å². The summed E-state index contributed by atoms with van der Waals surface area (Å²) in [7, 11) is 0. The molecule has 0 radical (unpaired) electrons. The van der Waals surface area contributed by atoms with Crippen LogP contribution in [0.1, 0.15) is 18.2 Å². The lowest BCUT2D eigenvalue weighted by molar-refractivity contribution is -0.385. The van der Waals surface area contributed by atoms with Crippen molar-refractivity contribution in [1.82, 2.24) is 4.98 Å². The standard InChI is InChI=1S/C11H11F3N2O5/c1-3-20-10(17)4-7-6(2)15-9(21-11(12,13)14)5-8(7)16(18)19/h5H,3-4H2,1-2H3. The van der Waals surface area contributed by atoms with Crippen LogP contribution in [-0.4, -0.2) is 28.8 Å². The highest BCUT2D eigenvalue weighted by Crippen LogP contribution is 2.29. The van der Waals surface area contributed by atoms with Crippen molar-refractivity contribution in [3.63, 3.8) is 0 Å². The SMILES string of the molecule is CCOC(=O)Cc1c([N+](=O)[O-])cc(OC(F)(F)F)nc1C. The molecule has 0 aliphatic carbocycles. The Balaban J connectivity index is 3.19. The fraction of sp³-hybridized carbons (Fsp3) is 0.455. The molecule has 116 valence electrons. The van der Waals surface area contributed by atoms with Crippen molar-refractivity contribution >= 4 is 11.7 Å². The summed E-state index contributed by atoms with van der Waals surface area (Å²) in [6, 6.07) is 0.523. The van der Waals surface area contributed by atoms with E-state index in [0.717, 1.165) is 0 Å². The maximum absolute atomic E-state index is 12.1. The maximum atomic E-state index is 12.1. The van der Waals surface area contributed by atoms with Gasteiger partial charge in [-0.15, -0.1) is 13.2 Å². The van der Waals surface area contributed by atoms with Crippen molar-refractivity contribution < 1.29 is 32.4 Å². The molecule has 10 heteroatoms. The largest absolute Gasteiger partial charge is 0.574 e. The number of esters is 1. The number of pyridine rings is 1. The molecule has 0 fully saturated rings. The van der Waals surface area contributed by atoms with E-state index >= 15 is 0 Å². The summed E-state index contributed by atoms with van der Waals surface area (Å²) in [5, 5.41) is 10.9. The minimum absolute atomic E-state index is 0.0778. The Morgan fingerprint density at radius 1 is 1.48 bits per heavy atom. The normalized spacial score (nSPS) is 11.1. The third-order valence-corrected chi connectivity index (χ3v) is 2.33. The Bertz CT molecular complexity index is 560. The number of halogens is 3. The van der Waals surface area contributed by atoms with Gasteiger partial charge >= 0.3 is 12.3 Å². The van der Waals surface area contributed by atoms with Gasteiger partial charge in [0.15, 0.2) is 0 Å². The number of carbonyl (C=O) groups excluding carboxylic acids is 1. The van der Waals surface area contributed by atoms with Crippen LogP contribution in [0.4, 0.5) is 18.9 Å². The minimum atomic E-state index is -5.02. The van der Waals surface area contributed by atoms with E-state index in [1.807, 2.05) is 0 Å². The Labute approximate surface area is 116 Å². The van der Waals surface area contributed by atoms with Gasteiger partial charge in [-0.3, -0.25) is 14.9 Å². The molecule has 0 atom stereocenters. The Kier molecular flexibility index (Phi) is 5.06. The summed E-state index contributed by atoms with van der Waals surface area (Å²) in [5.74, 6) is -1.70. The molecular formula is C11H11F3N2O5. The molecule has 0 saturated carbocycles. The number of ether oxygens (including phenoxy) is 2. The number of aromatic nitrogens is 1. The Hall–Kier alpha value is -2.39. The summed E-state index contributed by atoms with van der Waals surface area (Å²) >= 11 is 0. The van der Waals surface area contributed by atoms with Gasteiger partial charge in [0.2, 0.25) is 5.88 Å². The molecule has 0 amide bonds. The predicted molar refractivity (Wildman–Crippen MR) is 62.6 cm³/mol. The monoisotopic (exact) mass is 308 g/mol. The van der Waals surface area contributed by atoms with Crippen molar-refractivity contribution in [3.8, 4) is 5.88 Å². The summed E-state index contributed by atoms with van der Waals surface area (Å²) in [6.45, 7) is 2.87. The quantitative estimate of drug-likeness (QED) is 0.471. The van der Waals surface area contributed by atoms with Gasteiger partial charge in [-0.05, 0) is 13.8 Å². The summed E-state index contributed by atoms with van der Waals surface area (Å²) < 4.78 is 44.5. The maximum Gasteiger partial charge on any atom is 0.574 e. The van der Waals surface area contributed by atoms with E-state index in [0.29, 0.717) is 6.07 Å². The average Bonchev–Trinajstić information content (AvgIpc) is 2.30. The van der Waals surface area contributed by atoms with E-state index in [2.05, 4.69) is 14.5 Å². The molecule has 0 N–H and O–H groups in total. The number of nitrogens with zero attached hydrogens (tertiary/aromatic N) is 2. The molecule has 0 bridgehead atoms. The van der Waals surface area contributed by atoms with Gasteiger partial charge in [0, 0.05) is 0 Å². The molecule has 1 heterocycles. The minimum Gasteiger partial charge on any atom is -0.466 e. The molecule has 0 saturated heterocycles. The van der Waals surface area contributed by atoms with Crippen LogP contribution in [-0.2, 0) is 16.0 Å². The highest BCUT2D eigenvalue weighted by atomic mass is 19.4. The number of hydrogen-bond acceptors (Lipinski definition) is 6. The van der Waals surface area contributed by atoms with Gasteiger partial charge in [0.25, 0.3) is 5.69 Å². The molecule has 1 rings (SSSR count). The number of rotatable bonds is 5. The molecule has 1 aromatic rings. The van der Waals surface area contributed by atoms with Crippen LogP contribution in [0, 0.1) is 17.0 Å². The number of alkyl halides is 3. The molecule has 0 aliphatic heterocycles. The summed E-state index contributed by atoms with van der Waals surface area (Å²) in [4.78, 5) is 24.8. The van der Waals surface area contributed by atoms with Crippen molar-refractivity contribution in [3.05, 3.63) is 27.4 Å². The van der Waals surface area contributed by atoms with Gasteiger partial charge in [0.05, 0.1) is 35.3 Å². The van der Waals surface area contributed by atoms with E-state index in [-0.39, 0.29) is 17.9 Å². The first-order valence-electron chi connectivity index (χ1n) is 5.70. The molecule has 0 aromatic carbocycles. The van der Waals surface area contributed by atoms with Crippen molar-refractivity contribution in [2.75, 3.05) is 6.61 Å². The number of hydrogen-bond donors (Lipinski definition) is 0. The number of carbonyl (C=O) groups is 1. The van der Waals surface area contributed by atoms with Crippen LogP contribution in [0.15, 0.2) is 6.07 Å². The lowest BCUT2D eigenvalue weighted by Gasteiger charge is -2.11. The molecule has 0 spiro atoms. The molecular weight excluding hydrogens is 297 g/mol. The van der Waals surface area contributed by atoms with E-state index in [4.69, 9.17) is 0 Å². The molecule has 21 heavy (non-hydrogen) atoms. The van der Waals surface area contributed by atoms with Crippen molar-refractivity contribution in [1.29, 1.82) is 0 Å². The van der Waals surface area contributed by atoms with Gasteiger partial charge in [-0.2, -0.15) is 0 Å². The predicted octanol–water partition coefficient (Wildman–Crippen LogP) is 2.30. The molecule has 1 aromatic heterocycles. The van der Waals surface area contributed by atoms with Gasteiger partial charge in [0.1, 0.15) is 0 Å². The highest BCUT2D eigenvalue weighted by Gasteiger charge is 2.33. The van der Waals surface area contributed by atoms with E-state index in [9.17, 15) is 28.1 Å². The van der Waals surface area contributed by atoms with Crippen molar-refractivity contribution in [2.45, 2.75) is 26.6 Å². The second kappa shape index (κ2) is 6.37. The first-order valence-corrected chi connectivity index (χ1v) is 5.70. The fourth-order valence-electron chi connectivity index (χ4n) is 1.56. The van der Waals surface area contributed by atoms with Crippen LogP contribution >= 0.6 is 0 Å². The van der Waals surface area contributed by atoms with Gasteiger partial charge in [-0.1, -0.05) is 0 Å². The third kappa shape index (κ3) is 4.89. The summed E-state index contributed by atoms with van der Waals surface area (Å²) in [5.41, 5.74) is -0.917. The summed E-state index contributed by atoms with van der Waals surface area (Å²) in [6.07, 6.45) is -5.48. The second-order valence-corrected chi connectivity index (χ2v) is 3.83. The van der Waals surface area contributed by atoms with Gasteiger partial charge < -0.3 is 9.47 Å². The zero-order valence-corrected chi connectivity index (χ0v) is 11.1. The van der Waals surface area contributed by atoms with Crippen molar-refractivity contribution in [2.24, 2.45) is 0 Å². The van der Waals surface area contributed by atoms with Crippen LogP contribution in [0.5, 0.6) is 5.88 Å². The van der Waals surface area contributed by atoms with Crippen LogP contribution in [0.25, 0.3) is 0 Å². The molecule has 7 nitrogen and oxygen atoms in total. The first kappa shape index (κ1) is 16.7. The smallest absolute Gasteiger partial charge is 0.466 e. The van der Waals surface area contributed by atoms with Crippen LogP contribution in [0.3, 0.4) is 0 Å². The fourth-order valence-corrected chi connectivity index (χ4v) is 1.56. The first-order chi connectivity index (χ1) is 9.64. The van der Waals surface area contributed by atoms with Gasteiger partial charge in [-0.25, -0.2) is 4.98 Å². The Morgan fingerprint density at radius 2 is 2.10 bits per heavy atom. The highest BCUT2D eigenvalue weighted by molar-refractivity contribution is 5.74. The third-order valence-electron chi connectivity index (χ3n) is 2.33. The van der Waals surface area contributed by atoms with Crippen LogP contribution in [0.2, 0.25) is 0 Å². The zero-order chi connectivity index (χ0) is 16.2. The van der Waals surface area contributed by atoms with E-state index in [1.54, 1.807) is 6.92 Å². The zero-order valence-electron chi connectivity index (χ0n) is 11.1. The number of aryl methyl sites for hydroxylation is 1. The Morgan fingerprint density at radius 3 is 2.57 bits per heavy atom. The molecule has 0 unspecified atom stereocenters. The van der Waals surface area contributed by atoms with Crippen LogP contribution < -0.4 is 4.74 Å². The molecule has 0 aliphatic rings.